The van der Waals surface area contributed by atoms with Crippen molar-refractivity contribution >= 4 is 5.97 Å². The molecule has 1 atom stereocenters. The van der Waals surface area contributed by atoms with E-state index in [1.165, 1.54) is 12.8 Å². The van der Waals surface area contributed by atoms with Crippen molar-refractivity contribution in [1.29, 1.82) is 0 Å². The van der Waals surface area contributed by atoms with Crippen LogP contribution in [0.1, 0.15) is 58.8 Å². The normalized spacial score (nSPS) is 12.4. The van der Waals surface area contributed by atoms with E-state index in [1.54, 1.807) is 0 Å². The van der Waals surface area contributed by atoms with E-state index in [0.29, 0.717) is 25.5 Å². The van der Waals surface area contributed by atoms with Crippen molar-refractivity contribution < 1.29 is 9.53 Å². The minimum atomic E-state index is -0.0552. The summed E-state index contributed by atoms with van der Waals surface area (Å²) in [5.41, 5.74) is 5.45. The predicted octanol–water partition coefficient (Wildman–Crippen LogP) is 2.88. The van der Waals surface area contributed by atoms with Gasteiger partial charge in [-0.15, -0.1) is 0 Å². The number of hydrogen-bond acceptors (Lipinski definition) is 3. The van der Waals surface area contributed by atoms with Gasteiger partial charge in [0.15, 0.2) is 0 Å². The number of carbonyl (C=O) groups is 1. The van der Waals surface area contributed by atoms with E-state index in [9.17, 15) is 4.79 Å². The molecule has 2 N–H and O–H groups in total. The lowest BCUT2D eigenvalue weighted by Crippen LogP contribution is -2.10. The highest BCUT2D eigenvalue weighted by Crippen LogP contribution is 2.10. The van der Waals surface area contributed by atoms with Gasteiger partial charge >= 0.3 is 5.97 Å². The minimum Gasteiger partial charge on any atom is -0.466 e. The van der Waals surface area contributed by atoms with Crippen molar-refractivity contribution in [2.24, 2.45) is 11.7 Å². The van der Waals surface area contributed by atoms with Gasteiger partial charge in [0.05, 0.1) is 6.61 Å². The lowest BCUT2D eigenvalue weighted by atomic mass is 10.0. The van der Waals surface area contributed by atoms with Crippen LogP contribution in [0.3, 0.4) is 0 Å². The Morgan fingerprint density at radius 2 is 2.00 bits per heavy atom. The fraction of sp³-hybridized carbons (Fsp3) is 0.923. The van der Waals surface area contributed by atoms with Crippen molar-refractivity contribution in [1.82, 2.24) is 0 Å². The molecule has 0 aromatic heterocycles. The van der Waals surface area contributed by atoms with Crippen LogP contribution in [0.25, 0.3) is 0 Å². The molecule has 0 aromatic carbocycles. The molecule has 0 radical (unpaired) electrons. The first-order valence-corrected chi connectivity index (χ1v) is 6.56. The highest BCUT2D eigenvalue weighted by molar-refractivity contribution is 5.69. The second-order valence-corrected chi connectivity index (χ2v) is 4.50. The quantitative estimate of drug-likeness (QED) is 0.463. The van der Waals surface area contributed by atoms with Gasteiger partial charge in [0.1, 0.15) is 0 Å². The molecule has 0 bridgehead atoms. The predicted molar refractivity (Wildman–Crippen MR) is 67.2 cm³/mol. The van der Waals surface area contributed by atoms with Crippen LogP contribution in [0.5, 0.6) is 0 Å². The summed E-state index contributed by atoms with van der Waals surface area (Å²) in [4.78, 5) is 11.3. The maximum Gasteiger partial charge on any atom is 0.305 e. The summed E-state index contributed by atoms with van der Waals surface area (Å²) in [5.74, 6) is 0.470. The number of hydrogen-bond donors (Lipinski definition) is 1. The molecule has 3 heteroatoms. The molecule has 0 spiro atoms. The Bertz CT molecular complexity index is 171. The van der Waals surface area contributed by atoms with E-state index in [2.05, 4.69) is 13.8 Å². The Kier molecular flexibility index (Phi) is 10.5. The SMILES string of the molecule is CCCCCCOC(=O)CCC(C)CCN. The third-order valence-electron chi connectivity index (χ3n) is 2.76. The summed E-state index contributed by atoms with van der Waals surface area (Å²) >= 11 is 0. The van der Waals surface area contributed by atoms with Gasteiger partial charge < -0.3 is 10.5 Å². The Morgan fingerprint density at radius 1 is 1.25 bits per heavy atom. The lowest BCUT2D eigenvalue weighted by molar-refractivity contribution is -0.144. The molecule has 0 rings (SSSR count). The minimum absolute atomic E-state index is 0.0552. The van der Waals surface area contributed by atoms with Gasteiger partial charge in [-0.2, -0.15) is 0 Å². The smallest absolute Gasteiger partial charge is 0.305 e. The molecule has 3 nitrogen and oxygen atoms in total. The molecule has 0 aliphatic heterocycles. The van der Waals surface area contributed by atoms with Crippen molar-refractivity contribution in [3.8, 4) is 0 Å². The van der Waals surface area contributed by atoms with Crippen LogP contribution in [0.2, 0.25) is 0 Å². The second-order valence-electron chi connectivity index (χ2n) is 4.50. The monoisotopic (exact) mass is 229 g/mol. The topological polar surface area (TPSA) is 52.3 Å². The molecule has 0 aromatic rings. The van der Waals surface area contributed by atoms with Crippen LogP contribution < -0.4 is 5.73 Å². The van der Waals surface area contributed by atoms with Crippen molar-refractivity contribution in [2.75, 3.05) is 13.2 Å². The van der Waals surface area contributed by atoms with Crippen molar-refractivity contribution in [2.45, 2.75) is 58.8 Å². The molecule has 0 aliphatic rings. The Hall–Kier alpha value is -0.570. The molecule has 96 valence electrons. The van der Waals surface area contributed by atoms with Crippen LogP contribution >= 0.6 is 0 Å². The zero-order chi connectivity index (χ0) is 12.2. The molecule has 0 fully saturated rings. The maximum absolute atomic E-state index is 11.3. The van der Waals surface area contributed by atoms with Gasteiger partial charge in [-0.05, 0) is 31.7 Å². The summed E-state index contributed by atoms with van der Waals surface area (Å²) in [7, 11) is 0. The fourth-order valence-corrected chi connectivity index (χ4v) is 1.58. The van der Waals surface area contributed by atoms with Crippen LogP contribution in [-0.4, -0.2) is 19.1 Å². The molecule has 0 amide bonds. The number of rotatable bonds is 10. The van der Waals surface area contributed by atoms with Gasteiger partial charge in [0.25, 0.3) is 0 Å². The Morgan fingerprint density at radius 3 is 2.62 bits per heavy atom. The van der Waals surface area contributed by atoms with E-state index in [0.717, 1.165) is 25.7 Å². The molecule has 0 saturated heterocycles. The number of unbranched alkanes of at least 4 members (excludes halogenated alkanes) is 3. The zero-order valence-electron chi connectivity index (χ0n) is 10.8. The first-order chi connectivity index (χ1) is 7.70. The van der Waals surface area contributed by atoms with Crippen LogP contribution in [0.4, 0.5) is 0 Å². The van der Waals surface area contributed by atoms with Gasteiger partial charge in [0.2, 0.25) is 0 Å². The number of carbonyl (C=O) groups excluding carboxylic acids is 1. The molecular formula is C13H27NO2. The third kappa shape index (κ3) is 9.97. The largest absolute Gasteiger partial charge is 0.466 e. The van der Waals surface area contributed by atoms with Gasteiger partial charge in [-0.3, -0.25) is 4.79 Å². The summed E-state index contributed by atoms with van der Waals surface area (Å²) < 4.78 is 5.15. The van der Waals surface area contributed by atoms with E-state index in [1.807, 2.05) is 0 Å². The van der Waals surface area contributed by atoms with Crippen LogP contribution in [0, 0.1) is 5.92 Å². The first-order valence-electron chi connectivity index (χ1n) is 6.56. The number of nitrogens with two attached hydrogens (primary N) is 1. The summed E-state index contributed by atoms with van der Waals surface area (Å²) in [5, 5.41) is 0. The fourth-order valence-electron chi connectivity index (χ4n) is 1.58. The Balaban J connectivity index is 3.30. The third-order valence-corrected chi connectivity index (χ3v) is 2.76. The average Bonchev–Trinajstić information content (AvgIpc) is 2.26. The Labute approximate surface area is 99.7 Å². The van der Waals surface area contributed by atoms with E-state index in [-0.39, 0.29) is 5.97 Å². The molecule has 1 unspecified atom stereocenters. The highest BCUT2D eigenvalue weighted by atomic mass is 16.5. The highest BCUT2D eigenvalue weighted by Gasteiger charge is 2.06. The van der Waals surface area contributed by atoms with E-state index in [4.69, 9.17) is 10.5 Å². The zero-order valence-corrected chi connectivity index (χ0v) is 10.8. The standard InChI is InChI=1S/C13H27NO2/c1-3-4-5-6-11-16-13(15)8-7-12(2)9-10-14/h12H,3-11,14H2,1-2H3. The molecule has 0 heterocycles. The summed E-state index contributed by atoms with van der Waals surface area (Å²) in [6.45, 7) is 5.59. The lowest BCUT2D eigenvalue weighted by Gasteiger charge is -2.09. The first kappa shape index (κ1) is 15.4. The van der Waals surface area contributed by atoms with E-state index < -0.39 is 0 Å². The van der Waals surface area contributed by atoms with Crippen LogP contribution in [0.15, 0.2) is 0 Å². The second kappa shape index (κ2) is 10.9. The molecule has 0 saturated carbocycles. The van der Waals surface area contributed by atoms with Crippen molar-refractivity contribution in [3.63, 3.8) is 0 Å². The molecule has 16 heavy (non-hydrogen) atoms. The van der Waals surface area contributed by atoms with Gasteiger partial charge in [0, 0.05) is 6.42 Å². The summed E-state index contributed by atoms with van der Waals surface area (Å²) in [6.07, 6.45) is 7.02. The van der Waals surface area contributed by atoms with Gasteiger partial charge in [-0.1, -0.05) is 33.1 Å². The van der Waals surface area contributed by atoms with Crippen LogP contribution in [-0.2, 0) is 9.53 Å². The van der Waals surface area contributed by atoms with Crippen molar-refractivity contribution in [3.05, 3.63) is 0 Å². The van der Waals surface area contributed by atoms with Gasteiger partial charge in [-0.25, -0.2) is 0 Å². The molecule has 0 aliphatic carbocycles. The number of ether oxygens (including phenoxy) is 1. The number of esters is 1. The molecular weight excluding hydrogens is 202 g/mol. The summed E-state index contributed by atoms with van der Waals surface area (Å²) in [6, 6.07) is 0. The average molecular weight is 229 g/mol. The van der Waals surface area contributed by atoms with E-state index >= 15 is 0 Å². The maximum atomic E-state index is 11.3.